The lowest BCUT2D eigenvalue weighted by molar-refractivity contribution is 0.0765. The van der Waals surface area contributed by atoms with Crippen LogP contribution in [0.4, 0.5) is 10.7 Å². The minimum absolute atomic E-state index is 0.0217. The van der Waals surface area contributed by atoms with Crippen LogP contribution in [-0.2, 0) is 4.74 Å². The largest absolute Gasteiger partial charge is 0.486 e. The van der Waals surface area contributed by atoms with E-state index in [1.165, 1.54) is 11.3 Å². The number of unbranched alkanes of at least 4 members (excludes halogenated alkanes) is 1. The molecule has 1 heterocycles. The van der Waals surface area contributed by atoms with Crippen molar-refractivity contribution in [1.82, 2.24) is 0 Å². The maximum absolute atomic E-state index is 9.06. The average Bonchev–Trinajstić information content (AvgIpc) is 2.70. The van der Waals surface area contributed by atoms with Crippen LogP contribution >= 0.6 is 11.3 Å². The molecule has 118 valence electrons. The molecule has 6 heteroatoms. The van der Waals surface area contributed by atoms with Gasteiger partial charge in [0.1, 0.15) is 21.6 Å². The lowest BCUT2D eigenvalue weighted by atomic mass is 10.3. The highest BCUT2D eigenvalue weighted by atomic mass is 32.1. The molecule has 21 heavy (non-hydrogen) atoms. The van der Waals surface area contributed by atoms with E-state index in [2.05, 4.69) is 11.4 Å². The second-order valence-electron chi connectivity index (χ2n) is 5.33. The van der Waals surface area contributed by atoms with E-state index < -0.39 is 0 Å². The SMILES string of the molecule is CC(C)OCCCCNc1sc(C#N)c(N)c1OC(C)C. The van der Waals surface area contributed by atoms with E-state index in [4.69, 9.17) is 20.5 Å². The number of nitrogens with one attached hydrogen (secondary N) is 1. The first kappa shape index (κ1) is 17.6. The van der Waals surface area contributed by atoms with E-state index in [0.717, 1.165) is 31.0 Å². The molecule has 0 aliphatic rings. The number of nitrogens with zero attached hydrogens (tertiary/aromatic N) is 1. The minimum atomic E-state index is 0.0217. The summed E-state index contributed by atoms with van der Waals surface area (Å²) in [4.78, 5) is 0.497. The smallest absolute Gasteiger partial charge is 0.178 e. The molecule has 0 atom stereocenters. The zero-order valence-electron chi connectivity index (χ0n) is 13.2. The normalized spacial score (nSPS) is 10.9. The molecule has 1 aromatic heterocycles. The molecule has 0 aromatic carbocycles. The molecule has 0 radical (unpaired) electrons. The second-order valence-corrected chi connectivity index (χ2v) is 6.36. The summed E-state index contributed by atoms with van der Waals surface area (Å²) >= 11 is 1.34. The number of ether oxygens (including phenoxy) is 2. The number of nitriles is 1. The fourth-order valence-electron chi connectivity index (χ4n) is 1.73. The highest BCUT2D eigenvalue weighted by Gasteiger charge is 2.18. The zero-order valence-corrected chi connectivity index (χ0v) is 14.0. The van der Waals surface area contributed by atoms with E-state index >= 15 is 0 Å². The first-order chi connectivity index (χ1) is 9.95. The van der Waals surface area contributed by atoms with Crippen molar-refractivity contribution < 1.29 is 9.47 Å². The molecule has 0 bridgehead atoms. The highest BCUT2D eigenvalue weighted by molar-refractivity contribution is 7.17. The van der Waals surface area contributed by atoms with E-state index in [1.807, 2.05) is 27.7 Å². The summed E-state index contributed by atoms with van der Waals surface area (Å²) in [7, 11) is 0. The minimum Gasteiger partial charge on any atom is -0.486 e. The van der Waals surface area contributed by atoms with Crippen molar-refractivity contribution in [1.29, 1.82) is 5.26 Å². The Morgan fingerprint density at radius 2 is 1.95 bits per heavy atom. The van der Waals surface area contributed by atoms with E-state index in [0.29, 0.717) is 16.3 Å². The van der Waals surface area contributed by atoms with Gasteiger partial charge in [0.15, 0.2) is 5.75 Å². The summed E-state index contributed by atoms with van der Waals surface area (Å²) in [5.74, 6) is 0.602. The summed E-state index contributed by atoms with van der Waals surface area (Å²) in [6, 6.07) is 2.11. The third-order valence-electron chi connectivity index (χ3n) is 2.66. The molecule has 5 nitrogen and oxygen atoms in total. The molecule has 1 rings (SSSR count). The van der Waals surface area contributed by atoms with Crippen molar-refractivity contribution in [2.24, 2.45) is 0 Å². The fourth-order valence-corrected chi connectivity index (χ4v) is 2.61. The zero-order chi connectivity index (χ0) is 15.8. The van der Waals surface area contributed by atoms with Gasteiger partial charge in [-0.15, -0.1) is 11.3 Å². The Hall–Kier alpha value is -1.45. The van der Waals surface area contributed by atoms with Gasteiger partial charge in [0.05, 0.1) is 12.2 Å². The molecule has 0 amide bonds. The number of rotatable bonds is 9. The summed E-state index contributed by atoms with van der Waals surface area (Å²) in [5, 5.41) is 13.2. The monoisotopic (exact) mass is 311 g/mol. The van der Waals surface area contributed by atoms with Crippen molar-refractivity contribution in [2.75, 3.05) is 24.2 Å². The summed E-state index contributed by atoms with van der Waals surface area (Å²) in [5.41, 5.74) is 6.38. The summed E-state index contributed by atoms with van der Waals surface area (Å²) in [6.45, 7) is 9.52. The van der Waals surface area contributed by atoms with Crippen LogP contribution in [0.2, 0.25) is 0 Å². The third-order valence-corrected chi connectivity index (χ3v) is 3.71. The molecule has 0 unspecified atom stereocenters. The first-order valence-corrected chi connectivity index (χ1v) is 8.11. The molecule has 0 saturated carbocycles. The predicted octanol–water partition coefficient (Wildman–Crippen LogP) is 3.61. The Bertz CT molecular complexity index is 478. The van der Waals surface area contributed by atoms with Gasteiger partial charge in [-0.3, -0.25) is 0 Å². The van der Waals surface area contributed by atoms with E-state index in [9.17, 15) is 0 Å². The Balaban J connectivity index is 2.52. The van der Waals surface area contributed by atoms with Crippen LogP contribution in [0.1, 0.15) is 45.4 Å². The van der Waals surface area contributed by atoms with Crippen molar-refractivity contribution in [3.8, 4) is 11.8 Å². The van der Waals surface area contributed by atoms with Gasteiger partial charge in [-0.25, -0.2) is 0 Å². The van der Waals surface area contributed by atoms with Crippen molar-refractivity contribution in [2.45, 2.75) is 52.7 Å². The molecule has 0 saturated heterocycles. The van der Waals surface area contributed by atoms with Gasteiger partial charge in [-0.05, 0) is 40.5 Å². The molecular formula is C15H25N3O2S. The summed E-state index contributed by atoms with van der Waals surface area (Å²) < 4.78 is 11.2. The van der Waals surface area contributed by atoms with Crippen LogP contribution < -0.4 is 15.8 Å². The molecular weight excluding hydrogens is 286 g/mol. The van der Waals surface area contributed by atoms with Crippen molar-refractivity contribution in [3.63, 3.8) is 0 Å². The highest BCUT2D eigenvalue weighted by Crippen LogP contribution is 2.42. The maximum atomic E-state index is 9.06. The van der Waals surface area contributed by atoms with Gasteiger partial charge in [0, 0.05) is 13.2 Å². The van der Waals surface area contributed by atoms with Gasteiger partial charge >= 0.3 is 0 Å². The van der Waals surface area contributed by atoms with Crippen LogP contribution in [0, 0.1) is 11.3 Å². The number of anilines is 2. The lowest BCUT2D eigenvalue weighted by Gasteiger charge is -2.12. The first-order valence-electron chi connectivity index (χ1n) is 7.30. The van der Waals surface area contributed by atoms with Crippen LogP contribution in [0.15, 0.2) is 0 Å². The van der Waals surface area contributed by atoms with Crippen molar-refractivity contribution >= 4 is 22.0 Å². The Kier molecular flexibility index (Phi) is 7.34. The number of hydrogen-bond acceptors (Lipinski definition) is 6. The van der Waals surface area contributed by atoms with Gasteiger partial charge in [0.25, 0.3) is 0 Å². The number of hydrogen-bond donors (Lipinski definition) is 2. The number of nitrogen functional groups attached to an aromatic ring is 1. The lowest BCUT2D eigenvalue weighted by Crippen LogP contribution is -2.10. The molecule has 0 fully saturated rings. The molecule has 0 aliphatic heterocycles. The van der Waals surface area contributed by atoms with Crippen LogP contribution in [0.25, 0.3) is 0 Å². The molecule has 0 aliphatic carbocycles. The van der Waals surface area contributed by atoms with Gasteiger partial charge in [-0.1, -0.05) is 0 Å². The van der Waals surface area contributed by atoms with Crippen LogP contribution in [0.3, 0.4) is 0 Å². The van der Waals surface area contributed by atoms with Crippen LogP contribution in [-0.4, -0.2) is 25.4 Å². The van der Waals surface area contributed by atoms with Crippen molar-refractivity contribution in [3.05, 3.63) is 4.88 Å². The molecule has 1 aromatic rings. The van der Waals surface area contributed by atoms with E-state index in [-0.39, 0.29) is 12.2 Å². The van der Waals surface area contributed by atoms with Gasteiger partial charge < -0.3 is 20.5 Å². The average molecular weight is 311 g/mol. The maximum Gasteiger partial charge on any atom is 0.178 e. The third kappa shape index (κ3) is 5.82. The molecule has 0 spiro atoms. The standard InChI is InChI=1S/C15H25N3O2S/c1-10(2)19-8-6-5-7-18-15-14(20-11(3)4)13(17)12(9-16)21-15/h10-11,18H,5-8,17H2,1-4H3. The van der Waals surface area contributed by atoms with Gasteiger partial charge in [0.2, 0.25) is 0 Å². The predicted molar refractivity (Wildman–Crippen MR) is 88.0 cm³/mol. The van der Waals surface area contributed by atoms with Gasteiger partial charge in [-0.2, -0.15) is 5.26 Å². The van der Waals surface area contributed by atoms with E-state index in [1.54, 1.807) is 0 Å². The number of nitrogens with two attached hydrogens (primary N) is 1. The Morgan fingerprint density at radius 1 is 1.24 bits per heavy atom. The Labute approximate surface area is 131 Å². The summed E-state index contributed by atoms with van der Waals surface area (Å²) in [6.07, 6.45) is 2.29. The Morgan fingerprint density at radius 3 is 2.52 bits per heavy atom. The van der Waals surface area contributed by atoms with Crippen LogP contribution in [0.5, 0.6) is 5.75 Å². The second kappa shape index (κ2) is 8.75. The quantitative estimate of drug-likeness (QED) is 0.681. The fraction of sp³-hybridized carbons (Fsp3) is 0.667. The number of thiophene rings is 1. The topological polar surface area (TPSA) is 80.3 Å². The molecule has 3 N–H and O–H groups in total.